The Morgan fingerprint density at radius 1 is 1.53 bits per heavy atom. The number of aromatic nitrogens is 1. The van der Waals surface area contributed by atoms with E-state index in [2.05, 4.69) is 15.6 Å². The minimum Gasteiger partial charge on any atom is -0.373 e. The molecule has 1 unspecified atom stereocenters. The molecule has 1 atom stereocenters. The number of carbonyl (C=O) groups excluding carboxylic acids is 1. The van der Waals surface area contributed by atoms with Crippen LogP contribution in [0.25, 0.3) is 0 Å². The average Bonchev–Trinajstić information content (AvgIpc) is 2.84. The average molecular weight is 263 g/mol. The molecule has 5 nitrogen and oxygen atoms in total. The van der Waals surface area contributed by atoms with E-state index >= 15 is 0 Å². The summed E-state index contributed by atoms with van der Waals surface area (Å²) in [4.78, 5) is 16.3. The number of nitrogens with one attached hydrogen (secondary N) is 2. The minimum absolute atomic E-state index is 0.156. The molecule has 104 valence electrons. The maximum atomic E-state index is 12.0. The second-order valence-corrected chi connectivity index (χ2v) is 5.02. The van der Waals surface area contributed by atoms with Crippen molar-refractivity contribution in [2.75, 3.05) is 25.0 Å². The summed E-state index contributed by atoms with van der Waals surface area (Å²) in [5.41, 5.74) is 0.203. The van der Waals surface area contributed by atoms with Crippen molar-refractivity contribution in [3.8, 4) is 0 Å². The fourth-order valence-electron chi connectivity index (χ4n) is 2.17. The van der Waals surface area contributed by atoms with Crippen LogP contribution in [0.2, 0.25) is 0 Å². The molecule has 1 aromatic heterocycles. The van der Waals surface area contributed by atoms with Crippen LogP contribution in [0, 0.1) is 0 Å². The second kappa shape index (κ2) is 6.02. The normalized spacial score (nSPS) is 22.2. The second-order valence-electron chi connectivity index (χ2n) is 5.02. The van der Waals surface area contributed by atoms with Crippen molar-refractivity contribution in [3.05, 3.63) is 23.9 Å². The molecule has 2 rings (SSSR count). The van der Waals surface area contributed by atoms with E-state index in [1.54, 1.807) is 6.07 Å². The van der Waals surface area contributed by atoms with Crippen LogP contribution in [0.15, 0.2) is 18.2 Å². The zero-order valence-electron chi connectivity index (χ0n) is 11.5. The zero-order valence-corrected chi connectivity index (χ0v) is 11.5. The summed E-state index contributed by atoms with van der Waals surface area (Å²) in [6.07, 6.45) is 2.04. The van der Waals surface area contributed by atoms with Crippen molar-refractivity contribution >= 4 is 11.7 Å². The molecule has 0 radical (unpaired) electrons. The van der Waals surface area contributed by atoms with Gasteiger partial charge >= 0.3 is 0 Å². The van der Waals surface area contributed by atoms with Gasteiger partial charge in [0, 0.05) is 19.7 Å². The van der Waals surface area contributed by atoms with E-state index in [9.17, 15) is 4.79 Å². The van der Waals surface area contributed by atoms with Gasteiger partial charge in [0.05, 0.1) is 5.60 Å². The lowest BCUT2D eigenvalue weighted by atomic mass is 10.0. The van der Waals surface area contributed by atoms with E-state index < -0.39 is 0 Å². The van der Waals surface area contributed by atoms with Crippen LogP contribution in [0.4, 0.5) is 5.82 Å². The monoisotopic (exact) mass is 263 g/mol. The summed E-state index contributed by atoms with van der Waals surface area (Å²) in [5.74, 6) is 0.565. The van der Waals surface area contributed by atoms with Crippen LogP contribution in [0.5, 0.6) is 0 Å². The molecule has 19 heavy (non-hydrogen) atoms. The van der Waals surface area contributed by atoms with Crippen LogP contribution in [-0.2, 0) is 4.74 Å². The van der Waals surface area contributed by atoms with Crippen LogP contribution in [0.3, 0.4) is 0 Å². The lowest BCUT2D eigenvalue weighted by molar-refractivity contribution is 0.0205. The third-order valence-electron chi connectivity index (χ3n) is 3.26. The Kier molecular flexibility index (Phi) is 4.37. The molecule has 0 bridgehead atoms. The number of hydrogen-bond acceptors (Lipinski definition) is 4. The first kappa shape index (κ1) is 13.8. The number of rotatable bonds is 5. The van der Waals surface area contributed by atoms with Gasteiger partial charge in [0.15, 0.2) is 0 Å². The molecule has 2 heterocycles. The Labute approximate surface area is 113 Å². The molecular weight excluding hydrogens is 242 g/mol. The molecule has 0 spiro atoms. The van der Waals surface area contributed by atoms with Gasteiger partial charge in [-0.1, -0.05) is 6.07 Å². The fourth-order valence-corrected chi connectivity index (χ4v) is 2.17. The van der Waals surface area contributed by atoms with E-state index in [1.165, 1.54) is 0 Å². The van der Waals surface area contributed by atoms with Gasteiger partial charge in [-0.05, 0) is 38.8 Å². The highest BCUT2D eigenvalue weighted by molar-refractivity contribution is 5.92. The van der Waals surface area contributed by atoms with E-state index in [0.29, 0.717) is 12.2 Å². The fraction of sp³-hybridized carbons (Fsp3) is 0.571. The van der Waals surface area contributed by atoms with Crippen molar-refractivity contribution < 1.29 is 9.53 Å². The molecule has 1 aliphatic rings. The molecular formula is C14H21N3O2. The smallest absolute Gasteiger partial charge is 0.270 e. The Balaban J connectivity index is 1.93. The van der Waals surface area contributed by atoms with E-state index in [0.717, 1.165) is 31.8 Å². The third kappa shape index (κ3) is 3.67. The molecule has 1 aromatic rings. The van der Waals surface area contributed by atoms with Gasteiger partial charge in [-0.15, -0.1) is 0 Å². The maximum absolute atomic E-state index is 12.0. The SMILES string of the molecule is CCNc1cccc(C(=O)NCC2(C)CCCO2)n1. The van der Waals surface area contributed by atoms with Crippen molar-refractivity contribution in [1.29, 1.82) is 0 Å². The van der Waals surface area contributed by atoms with Gasteiger partial charge in [0.1, 0.15) is 11.5 Å². The van der Waals surface area contributed by atoms with Crippen LogP contribution >= 0.6 is 0 Å². The number of hydrogen-bond donors (Lipinski definition) is 2. The van der Waals surface area contributed by atoms with E-state index in [-0.39, 0.29) is 11.5 Å². The molecule has 0 aromatic carbocycles. The van der Waals surface area contributed by atoms with Crippen molar-refractivity contribution in [1.82, 2.24) is 10.3 Å². The van der Waals surface area contributed by atoms with Crippen molar-refractivity contribution in [2.24, 2.45) is 0 Å². The number of ether oxygens (including phenoxy) is 1. The van der Waals surface area contributed by atoms with Gasteiger partial charge in [-0.25, -0.2) is 4.98 Å². The zero-order chi connectivity index (χ0) is 13.7. The minimum atomic E-state index is -0.227. The van der Waals surface area contributed by atoms with Gasteiger partial charge < -0.3 is 15.4 Å². The van der Waals surface area contributed by atoms with Crippen molar-refractivity contribution in [3.63, 3.8) is 0 Å². The molecule has 1 fully saturated rings. The predicted octanol–water partition coefficient (Wildman–Crippen LogP) is 1.81. The molecule has 1 aliphatic heterocycles. The predicted molar refractivity (Wildman–Crippen MR) is 74.3 cm³/mol. The quantitative estimate of drug-likeness (QED) is 0.850. The highest BCUT2D eigenvalue weighted by Crippen LogP contribution is 2.23. The first-order valence-corrected chi connectivity index (χ1v) is 6.76. The van der Waals surface area contributed by atoms with Crippen LogP contribution in [0.1, 0.15) is 37.2 Å². The topological polar surface area (TPSA) is 63.2 Å². The Morgan fingerprint density at radius 2 is 2.37 bits per heavy atom. The van der Waals surface area contributed by atoms with Crippen molar-refractivity contribution in [2.45, 2.75) is 32.3 Å². The molecule has 0 aliphatic carbocycles. The summed E-state index contributed by atoms with van der Waals surface area (Å²) >= 11 is 0. The van der Waals surface area contributed by atoms with Gasteiger partial charge in [-0.2, -0.15) is 0 Å². The number of pyridine rings is 1. The Morgan fingerprint density at radius 3 is 3.05 bits per heavy atom. The lowest BCUT2D eigenvalue weighted by Gasteiger charge is -2.23. The molecule has 5 heteroatoms. The van der Waals surface area contributed by atoms with Gasteiger partial charge in [-0.3, -0.25) is 4.79 Å². The summed E-state index contributed by atoms with van der Waals surface area (Å²) in [6.45, 7) is 6.11. The number of amides is 1. The van der Waals surface area contributed by atoms with Crippen LogP contribution in [-0.4, -0.2) is 36.2 Å². The van der Waals surface area contributed by atoms with E-state index in [1.807, 2.05) is 26.0 Å². The van der Waals surface area contributed by atoms with E-state index in [4.69, 9.17) is 4.74 Å². The van der Waals surface area contributed by atoms with Crippen LogP contribution < -0.4 is 10.6 Å². The molecule has 1 amide bonds. The van der Waals surface area contributed by atoms with Gasteiger partial charge in [0.25, 0.3) is 5.91 Å². The molecule has 0 saturated carbocycles. The first-order valence-electron chi connectivity index (χ1n) is 6.76. The maximum Gasteiger partial charge on any atom is 0.270 e. The number of anilines is 1. The number of carbonyl (C=O) groups is 1. The summed E-state index contributed by atoms with van der Waals surface area (Å²) in [5, 5.41) is 5.99. The highest BCUT2D eigenvalue weighted by Gasteiger charge is 2.30. The largest absolute Gasteiger partial charge is 0.373 e. The van der Waals surface area contributed by atoms with Gasteiger partial charge in [0.2, 0.25) is 0 Å². The third-order valence-corrected chi connectivity index (χ3v) is 3.26. The first-order chi connectivity index (χ1) is 9.13. The number of nitrogens with zero attached hydrogens (tertiary/aromatic N) is 1. The summed E-state index contributed by atoms with van der Waals surface area (Å²) in [6, 6.07) is 5.39. The summed E-state index contributed by atoms with van der Waals surface area (Å²) in [7, 11) is 0. The standard InChI is InChI=1S/C14H21N3O2/c1-3-15-12-7-4-6-11(17-12)13(18)16-10-14(2)8-5-9-19-14/h4,6-7H,3,5,8-10H2,1-2H3,(H,15,17)(H,16,18). The Hall–Kier alpha value is -1.62. The summed E-state index contributed by atoms with van der Waals surface area (Å²) < 4.78 is 5.64. The molecule has 1 saturated heterocycles. The highest BCUT2D eigenvalue weighted by atomic mass is 16.5. The molecule has 2 N–H and O–H groups in total. The Bertz CT molecular complexity index is 442. The lowest BCUT2D eigenvalue weighted by Crippen LogP contribution is -2.40.